The first-order valence-electron chi connectivity index (χ1n) is 2.01. The van der Waals surface area contributed by atoms with E-state index in [2.05, 4.69) is 28.7 Å². The first kappa shape index (κ1) is 12.8. The van der Waals surface area contributed by atoms with E-state index in [0.29, 0.717) is 0 Å². The molecule has 1 aromatic carbocycles. The van der Waals surface area contributed by atoms with Gasteiger partial charge in [0.1, 0.15) is 0 Å². The second-order valence-corrected chi connectivity index (χ2v) is 2.46. The van der Waals surface area contributed by atoms with Gasteiger partial charge in [0, 0.05) is 0 Å². The number of halogens is 2. The maximum atomic E-state index is 2.93. The van der Waals surface area contributed by atoms with Gasteiger partial charge in [-0.05, 0) is 0 Å². The molecule has 1 rings (SSSR count). The van der Waals surface area contributed by atoms with Crippen molar-refractivity contribution in [2.45, 2.75) is 0 Å². The van der Waals surface area contributed by atoms with Crippen molar-refractivity contribution in [1.82, 2.24) is 0 Å². The first-order chi connectivity index (χ1) is 3.39. The van der Waals surface area contributed by atoms with Crippen molar-refractivity contribution in [2.75, 3.05) is 0 Å². The summed E-state index contributed by atoms with van der Waals surface area (Å²) in [4.78, 5) is 0. The van der Waals surface area contributed by atoms with Crippen LogP contribution in [0.1, 0.15) is 0 Å². The van der Waals surface area contributed by atoms with Crippen molar-refractivity contribution in [2.24, 2.45) is 0 Å². The molecule has 0 heterocycles. The Morgan fingerprint density at radius 3 is 1.89 bits per heavy atom. The predicted molar refractivity (Wildman–Crippen MR) is 43.7 cm³/mol. The minimum absolute atomic E-state index is 0. The predicted octanol–water partition coefficient (Wildman–Crippen LogP) is -1.29. The molecule has 3 heteroatoms. The average molecular weight is 307 g/mol. The zero-order chi connectivity index (χ0) is 5.11. The van der Waals surface area contributed by atoms with Crippen molar-refractivity contribution in [3.8, 4) is 0 Å². The third kappa shape index (κ3) is 5.63. The van der Waals surface area contributed by atoms with Crippen LogP contribution in [0.4, 0.5) is 0 Å². The summed E-state index contributed by atoms with van der Waals surface area (Å²) in [5.74, 6) is 0. The number of hydrogen-bond donors (Lipinski definition) is 0. The molecular formula is C6H4BrIMg. The minimum Gasteiger partial charge on any atom is -1.00 e. The first-order valence-corrected chi connectivity index (χ1v) is 3.09. The van der Waals surface area contributed by atoms with E-state index in [-0.39, 0.29) is 40.0 Å². The monoisotopic (exact) mass is 306 g/mol. The van der Waals surface area contributed by atoms with E-state index in [4.69, 9.17) is 0 Å². The van der Waals surface area contributed by atoms with Crippen LogP contribution in [0.5, 0.6) is 0 Å². The van der Waals surface area contributed by atoms with Gasteiger partial charge in [-0.2, -0.15) is 30.3 Å². The second-order valence-electron chi connectivity index (χ2n) is 1.22. The molecule has 0 nitrogen and oxygen atoms in total. The molecule has 0 aliphatic carbocycles. The maximum Gasteiger partial charge on any atom is 2.00 e. The van der Waals surface area contributed by atoms with Gasteiger partial charge in [-0.15, -0.1) is 0 Å². The zero-order valence-electron chi connectivity index (χ0n) is 4.77. The summed E-state index contributed by atoms with van der Waals surface area (Å²) in [7, 11) is 0. The van der Waals surface area contributed by atoms with Gasteiger partial charge in [0.2, 0.25) is 0 Å². The molecule has 0 spiro atoms. The van der Waals surface area contributed by atoms with E-state index >= 15 is 0 Å². The van der Waals surface area contributed by atoms with Crippen LogP contribution in [0.2, 0.25) is 0 Å². The maximum absolute atomic E-state index is 2.93. The van der Waals surface area contributed by atoms with Crippen molar-refractivity contribution < 1.29 is 17.0 Å². The van der Waals surface area contributed by atoms with E-state index in [9.17, 15) is 0 Å². The number of rotatable bonds is 0. The van der Waals surface area contributed by atoms with Crippen molar-refractivity contribution >= 4 is 45.6 Å². The van der Waals surface area contributed by atoms with Gasteiger partial charge < -0.3 is 17.0 Å². The summed E-state index contributed by atoms with van der Waals surface area (Å²) < 4.78 is 1.26. The van der Waals surface area contributed by atoms with E-state index in [1.54, 1.807) is 0 Å². The molecule has 0 atom stereocenters. The Labute approximate surface area is 95.5 Å². The molecule has 0 saturated heterocycles. The Morgan fingerprint density at radius 1 is 1.22 bits per heavy atom. The van der Waals surface area contributed by atoms with Gasteiger partial charge in [0.25, 0.3) is 0 Å². The Hall–Kier alpha value is 1.20. The molecule has 0 radical (unpaired) electrons. The summed E-state index contributed by atoms with van der Waals surface area (Å²) in [5, 5.41) is 0. The minimum atomic E-state index is 0. The zero-order valence-corrected chi connectivity index (χ0v) is 9.93. The SMILES string of the molecule is Ic1cc[c-]cc1.[Br-].[Mg+2]. The van der Waals surface area contributed by atoms with Crippen LogP contribution in [0.3, 0.4) is 0 Å². The summed E-state index contributed by atoms with van der Waals surface area (Å²) in [5.41, 5.74) is 0. The van der Waals surface area contributed by atoms with Crippen LogP contribution in [0, 0.1) is 9.64 Å². The summed E-state index contributed by atoms with van der Waals surface area (Å²) in [6.45, 7) is 0. The fraction of sp³-hybridized carbons (Fsp3) is 0. The molecular weight excluding hydrogens is 303 g/mol. The van der Waals surface area contributed by atoms with Crippen molar-refractivity contribution in [3.05, 3.63) is 33.9 Å². The standard InChI is InChI=1S/C6H4I.BrH.Mg/c7-6-4-2-1-3-5-6;;/h2-5H;1H;/q-1;;+2/p-1. The molecule has 0 fully saturated rings. The van der Waals surface area contributed by atoms with Crippen molar-refractivity contribution in [3.63, 3.8) is 0 Å². The smallest absolute Gasteiger partial charge is 1.00 e. The second kappa shape index (κ2) is 7.30. The van der Waals surface area contributed by atoms with Crippen LogP contribution >= 0.6 is 22.6 Å². The Morgan fingerprint density at radius 2 is 1.67 bits per heavy atom. The van der Waals surface area contributed by atoms with E-state index < -0.39 is 0 Å². The quantitative estimate of drug-likeness (QED) is 0.318. The van der Waals surface area contributed by atoms with Gasteiger partial charge in [-0.25, -0.2) is 0 Å². The molecule has 0 N–H and O–H groups in total. The third-order valence-electron chi connectivity index (χ3n) is 0.678. The molecule has 0 aliphatic heterocycles. The molecule has 0 unspecified atom stereocenters. The van der Waals surface area contributed by atoms with Crippen LogP contribution < -0.4 is 17.0 Å². The summed E-state index contributed by atoms with van der Waals surface area (Å²) >= 11 is 2.26. The van der Waals surface area contributed by atoms with Gasteiger partial charge in [0.15, 0.2) is 0 Å². The fourth-order valence-corrected chi connectivity index (χ4v) is 0.726. The van der Waals surface area contributed by atoms with Crippen LogP contribution in [0.25, 0.3) is 0 Å². The molecule has 9 heavy (non-hydrogen) atoms. The molecule has 0 saturated carbocycles. The number of benzene rings is 1. The van der Waals surface area contributed by atoms with E-state index in [0.717, 1.165) is 0 Å². The van der Waals surface area contributed by atoms with E-state index in [1.807, 2.05) is 24.3 Å². The van der Waals surface area contributed by atoms with Gasteiger partial charge in [-0.3, -0.25) is 0 Å². The van der Waals surface area contributed by atoms with Gasteiger partial charge in [-0.1, -0.05) is 26.2 Å². The van der Waals surface area contributed by atoms with Gasteiger partial charge >= 0.3 is 23.1 Å². The molecule has 0 aromatic heterocycles. The number of hydrogen-bond acceptors (Lipinski definition) is 0. The Balaban J connectivity index is 0. The molecule has 1 aromatic rings. The Kier molecular flexibility index (Phi) is 10.4. The topological polar surface area (TPSA) is 0 Å². The van der Waals surface area contributed by atoms with Crippen LogP contribution in [-0.2, 0) is 0 Å². The molecule has 0 amide bonds. The largest absolute Gasteiger partial charge is 2.00 e. The Bertz CT molecular complexity index is 143. The van der Waals surface area contributed by atoms with Crippen molar-refractivity contribution in [1.29, 1.82) is 0 Å². The van der Waals surface area contributed by atoms with Crippen LogP contribution in [-0.4, -0.2) is 23.1 Å². The fourth-order valence-electron chi connectivity index (χ4n) is 0.367. The normalized spacial score (nSPS) is 6.78. The van der Waals surface area contributed by atoms with Crippen LogP contribution in [0.15, 0.2) is 24.3 Å². The third-order valence-corrected chi connectivity index (χ3v) is 1.40. The molecule has 0 aliphatic rings. The molecule has 44 valence electrons. The van der Waals surface area contributed by atoms with E-state index in [1.165, 1.54) is 3.57 Å². The summed E-state index contributed by atoms with van der Waals surface area (Å²) in [6.07, 6.45) is 0. The van der Waals surface area contributed by atoms with Gasteiger partial charge in [0.05, 0.1) is 0 Å². The molecule has 0 bridgehead atoms. The summed E-state index contributed by atoms with van der Waals surface area (Å²) in [6, 6.07) is 10.8. The average Bonchev–Trinajstić information content (AvgIpc) is 1.69.